The van der Waals surface area contributed by atoms with Gasteiger partial charge in [-0.05, 0) is 148 Å². The van der Waals surface area contributed by atoms with Gasteiger partial charge in [0, 0.05) is 19.3 Å². The number of phosphoric ester groups is 2. The van der Waals surface area contributed by atoms with Crippen LogP contribution in [0.3, 0.4) is 0 Å². The fraction of sp³-hybridized carbons (Fsp3) is 0.737. The number of carbonyl (C=O) groups is 3. The summed E-state index contributed by atoms with van der Waals surface area (Å²) in [7, 11) is -9.81. The molecule has 0 spiro atoms. The number of aliphatic hydroxyl groups is 2. The molecule has 0 saturated carbocycles. The van der Waals surface area contributed by atoms with Crippen molar-refractivity contribution in [2.45, 2.75) is 411 Å². The molecule has 18 heteroatoms. The molecule has 0 fully saturated rings. The second kappa shape index (κ2) is 87.0. The minimum Gasteiger partial charge on any atom is -0.463 e. The molecule has 0 aromatic carbocycles. The Morgan fingerprint density at radius 1 is 0.248 bits per heavy atom. The average Bonchev–Trinajstić information content (AvgIpc) is 0.899. The van der Waals surface area contributed by atoms with Crippen LogP contribution in [0.25, 0.3) is 0 Å². The molecule has 0 heterocycles. The highest BCUT2D eigenvalue weighted by atomic mass is 31.2. The molecule has 0 aromatic rings. The molecule has 0 aliphatic carbocycles. The van der Waals surface area contributed by atoms with Crippen LogP contribution in [-0.4, -0.2) is 95.9 Å². The predicted octanol–water partition coefficient (Wildman–Crippen LogP) is 27.8. The highest BCUT2D eigenvalue weighted by molar-refractivity contribution is 7.47. The minimum absolute atomic E-state index is 0.0878. The third kappa shape index (κ3) is 88.3. The standard InChI is InChI=1S/C95H166O16P2/c1-4-7-10-13-16-19-22-25-28-31-34-36-38-40-42-43-44-45-47-49-50-52-55-57-60-63-66-69-72-75-78-81-93(98)105-84-90(96)85-107-112(101,102)108-86-91(97)87-109-113(103,104)110-89-92(111-95(100)83-80-77-74-71-68-65-62-59-54-33-30-27-24-21-18-15-12-9-6-3)88-106-94(99)82-79-76-73-70-67-64-61-58-56-53-51-48-46-41-39-37-35-32-29-26-23-20-17-14-11-8-5-2/h16-21,25-30,34-37,40-42,46,54,59,90-92,96-97H,4-15,22-24,31-33,38-39,43-45,47-53,55-58,60-89H2,1-3H3,(H,101,102)(H,103,104)/b19-16-,20-17-,21-18-,28-25-,29-26-,30-27-,36-34-,37-35-,42-40-,46-41-,59-54-. The molecule has 0 aromatic heterocycles. The van der Waals surface area contributed by atoms with Crippen LogP contribution in [0.2, 0.25) is 0 Å². The summed E-state index contributed by atoms with van der Waals surface area (Å²) in [4.78, 5) is 58.9. The first-order valence-corrected chi connectivity index (χ1v) is 48.5. The van der Waals surface area contributed by atoms with E-state index in [1.807, 2.05) is 0 Å². The zero-order chi connectivity index (χ0) is 82.2. The zero-order valence-electron chi connectivity index (χ0n) is 71.8. The van der Waals surface area contributed by atoms with Crippen LogP contribution in [0.5, 0.6) is 0 Å². The number of esters is 3. The summed E-state index contributed by atoms with van der Waals surface area (Å²) in [6.07, 6.45) is 108. The van der Waals surface area contributed by atoms with Gasteiger partial charge in [-0.2, -0.15) is 0 Å². The second-order valence-corrected chi connectivity index (χ2v) is 33.3. The molecule has 5 atom stereocenters. The Morgan fingerprint density at radius 3 is 0.699 bits per heavy atom. The smallest absolute Gasteiger partial charge is 0.463 e. The van der Waals surface area contributed by atoms with Crippen molar-refractivity contribution in [3.05, 3.63) is 134 Å². The maximum atomic E-state index is 13.0. The normalized spacial score (nSPS) is 14.4. The number of hydrogen-bond acceptors (Lipinski definition) is 14. The summed E-state index contributed by atoms with van der Waals surface area (Å²) in [5.41, 5.74) is 0. The van der Waals surface area contributed by atoms with E-state index < -0.39 is 91.5 Å². The van der Waals surface area contributed by atoms with Crippen molar-refractivity contribution < 1.29 is 75.8 Å². The van der Waals surface area contributed by atoms with Crippen LogP contribution in [-0.2, 0) is 55.8 Å². The Bertz CT molecular complexity index is 2580. The van der Waals surface area contributed by atoms with Crippen molar-refractivity contribution >= 4 is 33.6 Å². The highest BCUT2D eigenvalue weighted by Crippen LogP contribution is 2.45. The Labute approximate surface area is 690 Å². The van der Waals surface area contributed by atoms with Crippen LogP contribution < -0.4 is 0 Å². The molecule has 0 aliphatic heterocycles. The predicted molar refractivity (Wildman–Crippen MR) is 473 cm³/mol. The van der Waals surface area contributed by atoms with Crippen LogP contribution >= 0.6 is 15.6 Å². The summed E-state index contributed by atoms with van der Waals surface area (Å²) < 4.78 is 61.4. The third-order valence-electron chi connectivity index (χ3n) is 19.3. The van der Waals surface area contributed by atoms with Gasteiger partial charge in [0.2, 0.25) is 0 Å². The number of aliphatic hydroxyl groups excluding tert-OH is 2. The van der Waals surface area contributed by atoms with Crippen molar-refractivity contribution in [2.24, 2.45) is 0 Å². The van der Waals surface area contributed by atoms with Gasteiger partial charge in [0.15, 0.2) is 6.10 Å². The van der Waals surface area contributed by atoms with E-state index in [-0.39, 0.29) is 19.3 Å². The lowest BCUT2D eigenvalue weighted by Gasteiger charge is -2.21. The number of hydrogen-bond donors (Lipinski definition) is 4. The van der Waals surface area contributed by atoms with Crippen molar-refractivity contribution in [3.8, 4) is 0 Å². The number of rotatable bonds is 86. The topological polar surface area (TPSA) is 231 Å². The number of phosphoric acid groups is 2. The first kappa shape index (κ1) is 109. The van der Waals surface area contributed by atoms with Crippen molar-refractivity contribution in [1.82, 2.24) is 0 Å². The van der Waals surface area contributed by atoms with Crippen LogP contribution in [0.4, 0.5) is 0 Å². The molecule has 4 N–H and O–H groups in total. The Balaban J connectivity index is 4.56. The van der Waals surface area contributed by atoms with Gasteiger partial charge in [-0.25, -0.2) is 9.13 Å². The van der Waals surface area contributed by atoms with E-state index >= 15 is 0 Å². The minimum atomic E-state index is -4.94. The van der Waals surface area contributed by atoms with Gasteiger partial charge in [-0.1, -0.05) is 360 Å². The van der Waals surface area contributed by atoms with Crippen molar-refractivity contribution in [3.63, 3.8) is 0 Å². The highest BCUT2D eigenvalue weighted by Gasteiger charge is 2.29. The lowest BCUT2D eigenvalue weighted by atomic mass is 10.0. The molecule has 16 nitrogen and oxygen atoms in total. The molecule has 0 amide bonds. The molecule has 0 bridgehead atoms. The fourth-order valence-electron chi connectivity index (χ4n) is 12.4. The van der Waals surface area contributed by atoms with E-state index in [0.29, 0.717) is 19.3 Å². The molecule has 5 unspecified atom stereocenters. The lowest BCUT2D eigenvalue weighted by molar-refractivity contribution is -0.161. The van der Waals surface area contributed by atoms with Crippen LogP contribution in [0, 0.1) is 0 Å². The number of unbranched alkanes of at least 4 members (excludes halogenated alkanes) is 41. The van der Waals surface area contributed by atoms with E-state index in [4.69, 9.17) is 32.3 Å². The Hall–Kier alpha value is -4.31. The third-order valence-corrected chi connectivity index (χ3v) is 21.2. The van der Waals surface area contributed by atoms with Crippen LogP contribution in [0.15, 0.2) is 134 Å². The van der Waals surface area contributed by atoms with Crippen LogP contribution in [0.1, 0.15) is 393 Å². The quantitative estimate of drug-likeness (QED) is 0.0146. The van der Waals surface area contributed by atoms with Gasteiger partial charge >= 0.3 is 33.6 Å². The molecule has 0 aliphatic rings. The summed E-state index contributed by atoms with van der Waals surface area (Å²) in [6.45, 7) is 2.63. The average molecular weight is 1630 g/mol. The molecule has 652 valence electrons. The maximum absolute atomic E-state index is 13.0. The molecule has 0 saturated heterocycles. The van der Waals surface area contributed by atoms with E-state index in [2.05, 4.69) is 154 Å². The monoisotopic (exact) mass is 1630 g/mol. The van der Waals surface area contributed by atoms with Gasteiger partial charge in [0.1, 0.15) is 25.4 Å². The van der Waals surface area contributed by atoms with Crippen molar-refractivity contribution in [2.75, 3.05) is 39.6 Å². The second-order valence-electron chi connectivity index (χ2n) is 30.4. The summed E-state index contributed by atoms with van der Waals surface area (Å²) in [5.74, 6) is -1.58. The molecule has 0 radical (unpaired) electrons. The maximum Gasteiger partial charge on any atom is 0.472 e. The fourth-order valence-corrected chi connectivity index (χ4v) is 14.0. The van der Waals surface area contributed by atoms with Gasteiger partial charge in [-0.15, -0.1) is 0 Å². The van der Waals surface area contributed by atoms with Gasteiger partial charge in [0.25, 0.3) is 0 Å². The first-order chi connectivity index (χ1) is 55.2. The Kier molecular flexibility index (Phi) is 83.7. The zero-order valence-corrected chi connectivity index (χ0v) is 73.6. The number of carbonyl (C=O) groups excluding carboxylic acids is 3. The van der Waals surface area contributed by atoms with Gasteiger partial charge < -0.3 is 34.2 Å². The summed E-state index contributed by atoms with van der Waals surface area (Å²) in [6, 6.07) is 0. The first-order valence-electron chi connectivity index (χ1n) is 45.5. The van der Waals surface area contributed by atoms with Crippen molar-refractivity contribution in [1.29, 1.82) is 0 Å². The Morgan fingerprint density at radius 2 is 0.442 bits per heavy atom. The van der Waals surface area contributed by atoms with E-state index in [1.54, 1.807) is 0 Å². The van der Waals surface area contributed by atoms with E-state index in [9.17, 15) is 43.5 Å². The lowest BCUT2D eigenvalue weighted by Crippen LogP contribution is -2.30. The van der Waals surface area contributed by atoms with Gasteiger partial charge in [-0.3, -0.25) is 32.5 Å². The van der Waals surface area contributed by atoms with E-state index in [1.165, 1.54) is 186 Å². The SMILES string of the molecule is CCCCC/C=C\C/C=C\C/C=C\C/C=C\CCCCCCCCCCCCCCCCCC(=O)OCC(O)COP(=O)(O)OCC(O)COP(=O)(O)OCC(COC(=O)CCCCCCCCCCCCC/C=C\C/C=C\C/C=C\C/C=C\CCCCC)OC(=O)CCCCCCCC/C=C\C/C=C\C/C=C\CCCCC. The molecule has 113 heavy (non-hydrogen) atoms. The largest absolute Gasteiger partial charge is 0.472 e. The molecular formula is C95H166O16P2. The summed E-state index contributed by atoms with van der Waals surface area (Å²) in [5, 5.41) is 20.7. The molecule has 0 rings (SSSR count). The van der Waals surface area contributed by atoms with Gasteiger partial charge in [0.05, 0.1) is 26.4 Å². The number of allylic oxidation sites excluding steroid dienone is 22. The number of ether oxygens (including phenoxy) is 3. The summed E-state index contributed by atoms with van der Waals surface area (Å²) >= 11 is 0. The molecular weight excluding hydrogens is 1460 g/mol. The van der Waals surface area contributed by atoms with E-state index in [0.717, 1.165) is 148 Å².